The minimum Gasteiger partial charge on any atom is -0.388 e. The van der Waals surface area contributed by atoms with Crippen LogP contribution in [-0.2, 0) is 9.53 Å². The Morgan fingerprint density at radius 3 is 2.72 bits per heavy atom. The molecule has 0 aromatic heterocycles. The van der Waals surface area contributed by atoms with Crippen molar-refractivity contribution in [1.29, 1.82) is 0 Å². The fraction of sp³-hybridized carbons (Fsp3) is 0.923. The fourth-order valence-corrected chi connectivity index (χ4v) is 2.91. The van der Waals surface area contributed by atoms with Gasteiger partial charge in [-0.05, 0) is 19.9 Å². The van der Waals surface area contributed by atoms with E-state index in [1.54, 1.807) is 11.9 Å². The second kappa shape index (κ2) is 5.55. The molecular formula is C13H24N2O3. The monoisotopic (exact) mass is 256 g/mol. The summed E-state index contributed by atoms with van der Waals surface area (Å²) in [7, 11) is 1.79. The Morgan fingerprint density at radius 2 is 2.17 bits per heavy atom. The van der Waals surface area contributed by atoms with Crippen LogP contribution in [0.3, 0.4) is 0 Å². The molecule has 2 fully saturated rings. The Morgan fingerprint density at radius 1 is 1.50 bits per heavy atom. The first-order valence-electron chi connectivity index (χ1n) is 6.80. The summed E-state index contributed by atoms with van der Waals surface area (Å²) in [5, 5.41) is 13.7. The average Bonchev–Trinajstić information content (AvgIpc) is 2.74. The molecule has 0 spiro atoms. The van der Waals surface area contributed by atoms with Gasteiger partial charge in [-0.2, -0.15) is 0 Å². The highest BCUT2D eigenvalue weighted by atomic mass is 16.5. The van der Waals surface area contributed by atoms with Gasteiger partial charge < -0.3 is 20.1 Å². The number of amides is 1. The zero-order valence-corrected chi connectivity index (χ0v) is 11.3. The number of nitrogens with zero attached hydrogens (tertiary/aromatic N) is 1. The van der Waals surface area contributed by atoms with E-state index in [0.29, 0.717) is 32.6 Å². The van der Waals surface area contributed by atoms with Crippen molar-refractivity contribution in [3.8, 4) is 0 Å². The van der Waals surface area contributed by atoms with Crippen LogP contribution in [0.1, 0.15) is 26.2 Å². The van der Waals surface area contributed by atoms with Gasteiger partial charge in [-0.25, -0.2) is 0 Å². The van der Waals surface area contributed by atoms with Gasteiger partial charge in [-0.15, -0.1) is 0 Å². The third-order valence-electron chi connectivity index (χ3n) is 4.17. The summed E-state index contributed by atoms with van der Waals surface area (Å²) < 4.78 is 5.25. The maximum absolute atomic E-state index is 12.3. The van der Waals surface area contributed by atoms with E-state index in [1.165, 1.54) is 0 Å². The van der Waals surface area contributed by atoms with Crippen molar-refractivity contribution in [3.63, 3.8) is 0 Å². The Bertz CT molecular complexity index is 303. The lowest BCUT2D eigenvalue weighted by Gasteiger charge is -2.36. The number of ether oxygens (including phenoxy) is 1. The van der Waals surface area contributed by atoms with Gasteiger partial charge in [-0.3, -0.25) is 4.79 Å². The van der Waals surface area contributed by atoms with Gasteiger partial charge in [0.15, 0.2) is 0 Å². The van der Waals surface area contributed by atoms with Gasteiger partial charge in [0.1, 0.15) is 0 Å². The van der Waals surface area contributed by atoms with Gasteiger partial charge in [0.2, 0.25) is 5.91 Å². The molecule has 0 saturated carbocycles. The number of likely N-dealkylation sites (N-methyl/N-ethyl adjacent to an activating group) is 1. The third kappa shape index (κ3) is 3.02. The predicted octanol–water partition coefficient (Wildman–Crippen LogP) is -0.0157. The summed E-state index contributed by atoms with van der Waals surface area (Å²) in [5.41, 5.74) is -0.766. The van der Waals surface area contributed by atoms with Crippen molar-refractivity contribution in [2.75, 3.05) is 33.4 Å². The number of carbonyl (C=O) groups excluding carboxylic acids is 1. The molecule has 104 valence electrons. The first-order chi connectivity index (χ1) is 8.52. The van der Waals surface area contributed by atoms with E-state index < -0.39 is 5.60 Å². The zero-order chi connectivity index (χ0) is 13.2. The number of aliphatic hydroxyl groups is 1. The highest BCUT2D eigenvalue weighted by Crippen LogP contribution is 2.23. The van der Waals surface area contributed by atoms with E-state index in [1.807, 2.05) is 6.92 Å². The lowest BCUT2D eigenvalue weighted by Crippen LogP contribution is -2.49. The molecule has 18 heavy (non-hydrogen) atoms. The Labute approximate surface area is 108 Å². The molecule has 1 amide bonds. The van der Waals surface area contributed by atoms with Crippen LogP contribution in [0.4, 0.5) is 0 Å². The van der Waals surface area contributed by atoms with Crippen molar-refractivity contribution in [3.05, 3.63) is 0 Å². The number of hydrogen-bond acceptors (Lipinski definition) is 4. The van der Waals surface area contributed by atoms with Gasteiger partial charge in [0.05, 0.1) is 11.5 Å². The Hall–Kier alpha value is -0.650. The quantitative estimate of drug-likeness (QED) is 0.745. The minimum atomic E-state index is -0.766. The van der Waals surface area contributed by atoms with Crippen molar-refractivity contribution < 1.29 is 14.6 Å². The molecule has 0 aromatic rings. The van der Waals surface area contributed by atoms with E-state index in [-0.39, 0.29) is 17.9 Å². The zero-order valence-electron chi connectivity index (χ0n) is 11.3. The smallest absolute Gasteiger partial charge is 0.227 e. The average molecular weight is 256 g/mol. The van der Waals surface area contributed by atoms with Crippen molar-refractivity contribution in [2.24, 2.45) is 5.92 Å². The van der Waals surface area contributed by atoms with E-state index in [2.05, 4.69) is 5.32 Å². The molecule has 2 rings (SSSR count). The molecular weight excluding hydrogens is 232 g/mol. The lowest BCUT2D eigenvalue weighted by atomic mass is 9.93. The van der Waals surface area contributed by atoms with Crippen LogP contribution < -0.4 is 5.32 Å². The highest BCUT2D eigenvalue weighted by molar-refractivity contribution is 5.79. The number of hydrogen-bond donors (Lipinski definition) is 2. The number of nitrogens with one attached hydrogen (secondary N) is 1. The fourth-order valence-electron chi connectivity index (χ4n) is 2.91. The first kappa shape index (κ1) is 13.8. The SMILES string of the molecule is CC1NCCC1C(=O)N(C)CC1(O)CCOCC1. The molecule has 5 nitrogen and oxygen atoms in total. The predicted molar refractivity (Wildman–Crippen MR) is 68.2 cm³/mol. The Kier molecular flexibility index (Phi) is 4.25. The molecule has 0 aliphatic carbocycles. The maximum atomic E-state index is 12.3. The molecule has 0 radical (unpaired) electrons. The summed E-state index contributed by atoms with van der Waals surface area (Å²) >= 11 is 0. The largest absolute Gasteiger partial charge is 0.388 e. The second-order valence-corrected chi connectivity index (χ2v) is 5.67. The van der Waals surface area contributed by atoms with Crippen molar-refractivity contribution >= 4 is 5.91 Å². The normalized spacial score (nSPS) is 31.3. The highest BCUT2D eigenvalue weighted by Gasteiger charge is 2.36. The summed E-state index contributed by atoms with van der Waals surface area (Å²) in [6.07, 6.45) is 2.12. The van der Waals surface area contributed by atoms with Gasteiger partial charge in [-0.1, -0.05) is 0 Å². The Balaban J connectivity index is 1.90. The van der Waals surface area contributed by atoms with Crippen LogP contribution in [0.15, 0.2) is 0 Å². The lowest BCUT2D eigenvalue weighted by molar-refractivity contribution is -0.141. The van der Waals surface area contributed by atoms with Crippen LogP contribution in [0.5, 0.6) is 0 Å². The van der Waals surface area contributed by atoms with Crippen LogP contribution >= 0.6 is 0 Å². The van der Waals surface area contributed by atoms with Gasteiger partial charge >= 0.3 is 0 Å². The van der Waals surface area contributed by atoms with Crippen LogP contribution in [0.25, 0.3) is 0 Å². The summed E-state index contributed by atoms with van der Waals surface area (Å²) in [6, 6.07) is 0.240. The van der Waals surface area contributed by atoms with E-state index in [4.69, 9.17) is 4.74 Å². The molecule has 0 bridgehead atoms. The van der Waals surface area contributed by atoms with E-state index >= 15 is 0 Å². The summed E-state index contributed by atoms with van der Waals surface area (Å²) in [6.45, 7) is 4.54. The molecule has 2 aliphatic heterocycles. The number of rotatable bonds is 3. The molecule has 2 atom stereocenters. The molecule has 2 saturated heterocycles. The topological polar surface area (TPSA) is 61.8 Å². The van der Waals surface area contributed by atoms with E-state index in [0.717, 1.165) is 13.0 Å². The molecule has 0 aromatic carbocycles. The molecule has 2 unspecified atom stereocenters. The second-order valence-electron chi connectivity index (χ2n) is 5.67. The van der Waals surface area contributed by atoms with Crippen molar-refractivity contribution in [1.82, 2.24) is 10.2 Å². The number of carbonyl (C=O) groups is 1. The minimum absolute atomic E-state index is 0.0541. The van der Waals surface area contributed by atoms with Crippen LogP contribution in [0.2, 0.25) is 0 Å². The maximum Gasteiger partial charge on any atom is 0.227 e. The van der Waals surface area contributed by atoms with Crippen LogP contribution in [-0.4, -0.2) is 60.9 Å². The summed E-state index contributed by atoms with van der Waals surface area (Å²) in [4.78, 5) is 14.0. The standard InChI is InChI=1S/C13H24N2O3/c1-10-11(3-6-14-10)12(16)15(2)9-13(17)4-7-18-8-5-13/h10-11,14,17H,3-9H2,1-2H3. The van der Waals surface area contributed by atoms with Gasteiger partial charge in [0, 0.05) is 45.7 Å². The molecule has 2 N–H and O–H groups in total. The molecule has 5 heteroatoms. The molecule has 2 aliphatic rings. The van der Waals surface area contributed by atoms with Crippen molar-refractivity contribution in [2.45, 2.75) is 37.8 Å². The molecule has 2 heterocycles. The first-order valence-corrected chi connectivity index (χ1v) is 6.80. The third-order valence-corrected chi connectivity index (χ3v) is 4.17. The van der Waals surface area contributed by atoms with Crippen LogP contribution in [0, 0.1) is 5.92 Å². The van der Waals surface area contributed by atoms with Gasteiger partial charge in [0.25, 0.3) is 0 Å². The summed E-state index contributed by atoms with van der Waals surface area (Å²) in [5.74, 6) is 0.200. The van der Waals surface area contributed by atoms with E-state index in [9.17, 15) is 9.90 Å².